The Balaban J connectivity index is 1.42. The van der Waals surface area contributed by atoms with E-state index < -0.39 is 25.3 Å². The van der Waals surface area contributed by atoms with Gasteiger partial charge in [0, 0.05) is 13.0 Å². The molecule has 0 bridgehead atoms. The minimum absolute atomic E-state index is 0.00361. The fourth-order valence-corrected chi connectivity index (χ4v) is 5.26. The summed E-state index contributed by atoms with van der Waals surface area (Å²) in [5.74, 6) is -1.24. The van der Waals surface area contributed by atoms with Gasteiger partial charge in [0.15, 0.2) is 11.2 Å². The third-order valence-corrected chi connectivity index (χ3v) is 7.15. The van der Waals surface area contributed by atoms with Gasteiger partial charge < -0.3 is 14.2 Å². The van der Waals surface area contributed by atoms with Gasteiger partial charge in [-0.1, -0.05) is 18.2 Å². The van der Waals surface area contributed by atoms with Crippen molar-refractivity contribution >= 4 is 36.7 Å². The van der Waals surface area contributed by atoms with Gasteiger partial charge in [-0.3, -0.25) is 29.2 Å². The zero-order valence-electron chi connectivity index (χ0n) is 19.0. The van der Waals surface area contributed by atoms with Crippen molar-refractivity contribution in [3.05, 3.63) is 47.0 Å². The van der Waals surface area contributed by atoms with Crippen molar-refractivity contribution in [3.8, 4) is 5.75 Å². The number of aliphatic carboxylic acids is 1. The molecule has 3 aromatic rings. The average molecular weight is 504 g/mol. The molecule has 14 heteroatoms. The first-order chi connectivity index (χ1) is 16.6. The molecule has 2 heterocycles. The summed E-state index contributed by atoms with van der Waals surface area (Å²) in [6.45, 7) is 2.72. The molecule has 2 atom stereocenters. The normalized spacial score (nSPS) is 19.9. The number of rotatable bonds is 10. The Morgan fingerprint density at radius 1 is 1.31 bits per heavy atom. The molecule has 1 aromatic carbocycles. The second-order valence-corrected chi connectivity index (χ2v) is 9.99. The number of carboxylic acids is 1. The first-order valence-corrected chi connectivity index (χ1v) is 12.4. The fraction of sp³-hybridized carbons (Fsp3) is 0.381. The number of nitrogens with one attached hydrogen (secondary N) is 3. The molecule has 35 heavy (non-hydrogen) atoms. The molecular weight excluding hydrogens is 479 g/mol. The summed E-state index contributed by atoms with van der Waals surface area (Å²) in [5.41, 5.74) is 0.0395. The summed E-state index contributed by atoms with van der Waals surface area (Å²) in [5, 5.41) is 14.1. The molecular formula is C21H25N6O7P. The SMILES string of the molecule is CC(=O)Nc1nc2c(ncn2[C@H]2C[C@@H](COP(=O)(NC(C)C(=O)O)Oc3ccccc3)C2)c(=O)[nH]1. The van der Waals surface area contributed by atoms with Gasteiger partial charge >= 0.3 is 13.7 Å². The number of hydrogen-bond donors (Lipinski definition) is 4. The Bertz CT molecular complexity index is 1330. The van der Waals surface area contributed by atoms with Crippen LogP contribution in [0, 0.1) is 5.92 Å². The van der Waals surface area contributed by atoms with Gasteiger partial charge in [-0.15, -0.1) is 0 Å². The molecule has 1 saturated carbocycles. The number of aromatic amines is 1. The van der Waals surface area contributed by atoms with Gasteiger partial charge in [0.05, 0.1) is 12.9 Å². The highest BCUT2D eigenvalue weighted by atomic mass is 31.2. The molecule has 4 rings (SSSR count). The van der Waals surface area contributed by atoms with E-state index >= 15 is 0 Å². The number of hydrogen-bond acceptors (Lipinski definition) is 8. The zero-order valence-corrected chi connectivity index (χ0v) is 19.9. The summed E-state index contributed by atoms with van der Waals surface area (Å²) in [6.07, 6.45) is 2.76. The Morgan fingerprint density at radius 3 is 2.69 bits per heavy atom. The number of H-pyrrole nitrogens is 1. The van der Waals surface area contributed by atoms with Crippen LogP contribution in [-0.4, -0.2) is 49.2 Å². The number of para-hydroxylation sites is 1. The number of imidazole rings is 1. The summed E-state index contributed by atoms with van der Waals surface area (Å²) < 4.78 is 26.2. The van der Waals surface area contributed by atoms with Crippen LogP contribution < -0.4 is 20.5 Å². The number of carbonyl (C=O) groups is 2. The van der Waals surface area contributed by atoms with Crippen molar-refractivity contribution < 1.29 is 28.3 Å². The Morgan fingerprint density at radius 2 is 2.03 bits per heavy atom. The van der Waals surface area contributed by atoms with E-state index in [1.54, 1.807) is 34.9 Å². The third-order valence-electron chi connectivity index (χ3n) is 5.50. The number of aromatic nitrogens is 4. The molecule has 13 nitrogen and oxygen atoms in total. The van der Waals surface area contributed by atoms with Gasteiger partial charge in [-0.05, 0) is 37.8 Å². The van der Waals surface area contributed by atoms with E-state index in [1.165, 1.54) is 20.2 Å². The Kier molecular flexibility index (Phi) is 7.01. The van der Waals surface area contributed by atoms with Crippen LogP contribution in [0.25, 0.3) is 11.2 Å². The number of carboxylic acid groups (broad SMARTS) is 1. The van der Waals surface area contributed by atoms with Crippen LogP contribution >= 0.6 is 7.75 Å². The number of amides is 1. The van der Waals surface area contributed by atoms with Crippen LogP contribution in [0.15, 0.2) is 41.5 Å². The Hall–Kier alpha value is -3.54. The minimum atomic E-state index is -3.98. The fourth-order valence-electron chi connectivity index (χ4n) is 3.69. The topological polar surface area (TPSA) is 178 Å². The first kappa shape index (κ1) is 24.6. The summed E-state index contributed by atoms with van der Waals surface area (Å²) in [7, 11) is -3.98. The molecule has 2 aromatic heterocycles. The molecule has 1 aliphatic carbocycles. The zero-order chi connectivity index (χ0) is 25.2. The number of nitrogens with zero attached hydrogens (tertiary/aromatic N) is 3. The number of benzene rings is 1. The maximum absolute atomic E-state index is 13.3. The molecule has 1 fully saturated rings. The van der Waals surface area contributed by atoms with E-state index in [0.29, 0.717) is 18.5 Å². The highest BCUT2D eigenvalue weighted by Crippen LogP contribution is 2.48. The van der Waals surface area contributed by atoms with E-state index in [1.807, 2.05) is 0 Å². The molecule has 0 radical (unpaired) electrons. The van der Waals surface area contributed by atoms with E-state index in [0.717, 1.165) is 0 Å². The molecule has 4 N–H and O–H groups in total. The molecule has 2 unspecified atom stereocenters. The van der Waals surface area contributed by atoms with E-state index in [2.05, 4.69) is 25.4 Å². The standard InChI is InChI=1S/C21H25N6O7P/c1-12(20(30)31)26-35(32,34-16-6-4-3-5-7-16)33-10-14-8-15(9-14)27-11-22-17-18(27)24-21(23-13(2)28)25-19(17)29/h3-7,11-12,14-15H,8-10H2,1-2H3,(H,26,32)(H,30,31)(H2,23,24,25,28,29)/t12?,14-,15+,35?. The van der Waals surface area contributed by atoms with Gasteiger partial charge in [-0.2, -0.15) is 10.1 Å². The molecule has 0 aliphatic heterocycles. The molecule has 0 saturated heterocycles. The lowest BCUT2D eigenvalue weighted by atomic mass is 9.81. The van der Waals surface area contributed by atoms with Crippen LogP contribution in [-0.2, 0) is 18.7 Å². The Labute approximate surface area is 199 Å². The van der Waals surface area contributed by atoms with Crippen molar-refractivity contribution in [1.82, 2.24) is 24.6 Å². The highest BCUT2D eigenvalue weighted by molar-refractivity contribution is 7.52. The minimum Gasteiger partial charge on any atom is -0.480 e. The van der Waals surface area contributed by atoms with Crippen LogP contribution in [0.5, 0.6) is 5.75 Å². The predicted molar refractivity (Wildman–Crippen MR) is 125 cm³/mol. The lowest BCUT2D eigenvalue weighted by molar-refractivity contribution is -0.138. The maximum atomic E-state index is 13.3. The predicted octanol–water partition coefficient (Wildman–Crippen LogP) is 2.30. The van der Waals surface area contributed by atoms with Crippen molar-refractivity contribution in [1.29, 1.82) is 0 Å². The van der Waals surface area contributed by atoms with Crippen molar-refractivity contribution in [3.63, 3.8) is 0 Å². The summed E-state index contributed by atoms with van der Waals surface area (Å²) in [4.78, 5) is 45.7. The second-order valence-electron chi connectivity index (χ2n) is 8.30. The monoisotopic (exact) mass is 504 g/mol. The van der Waals surface area contributed by atoms with Crippen molar-refractivity contribution in [2.45, 2.75) is 38.8 Å². The van der Waals surface area contributed by atoms with Crippen molar-refractivity contribution in [2.75, 3.05) is 11.9 Å². The average Bonchev–Trinajstić information content (AvgIpc) is 3.16. The quantitative estimate of drug-likeness (QED) is 0.300. The third kappa shape index (κ3) is 5.76. The van der Waals surface area contributed by atoms with Crippen LogP contribution in [0.3, 0.4) is 0 Å². The smallest absolute Gasteiger partial charge is 0.459 e. The van der Waals surface area contributed by atoms with Gasteiger partial charge in [0.2, 0.25) is 11.9 Å². The lowest BCUT2D eigenvalue weighted by Gasteiger charge is -2.36. The maximum Gasteiger partial charge on any atom is 0.459 e. The largest absolute Gasteiger partial charge is 0.480 e. The lowest BCUT2D eigenvalue weighted by Crippen LogP contribution is -2.35. The molecule has 1 amide bonds. The number of anilines is 1. The second kappa shape index (κ2) is 9.98. The summed E-state index contributed by atoms with van der Waals surface area (Å²) >= 11 is 0. The van der Waals surface area contributed by atoms with Crippen LogP contribution in [0.1, 0.15) is 32.7 Å². The van der Waals surface area contributed by atoms with Gasteiger partial charge in [0.25, 0.3) is 5.56 Å². The van der Waals surface area contributed by atoms with Crippen LogP contribution in [0.4, 0.5) is 5.95 Å². The highest BCUT2D eigenvalue weighted by Gasteiger charge is 2.37. The molecule has 186 valence electrons. The molecule has 0 spiro atoms. The number of fused-ring (bicyclic) bond motifs is 1. The van der Waals surface area contributed by atoms with E-state index in [4.69, 9.17) is 9.05 Å². The van der Waals surface area contributed by atoms with E-state index in [9.17, 15) is 24.1 Å². The van der Waals surface area contributed by atoms with Crippen LogP contribution in [0.2, 0.25) is 0 Å². The summed E-state index contributed by atoms with van der Waals surface area (Å²) in [6, 6.07) is 7.16. The number of carbonyl (C=O) groups excluding carboxylic acids is 1. The van der Waals surface area contributed by atoms with Gasteiger partial charge in [-0.25, -0.2) is 9.55 Å². The molecule has 1 aliphatic rings. The first-order valence-electron chi connectivity index (χ1n) is 10.9. The van der Waals surface area contributed by atoms with Crippen molar-refractivity contribution in [2.24, 2.45) is 5.92 Å². The van der Waals surface area contributed by atoms with E-state index in [-0.39, 0.29) is 41.7 Å². The van der Waals surface area contributed by atoms with Gasteiger partial charge in [0.1, 0.15) is 11.8 Å².